The number of rotatable bonds is 2. The highest BCUT2D eigenvalue weighted by Crippen LogP contribution is 2.21. The van der Waals surface area contributed by atoms with Crippen LogP contribution in [0.4, 0.5) is 21.7 Å². The summed E-state index contributed by atoms with van der Waals surface area (Å²) in [5.41, 5.74) is 7.22. The molecule has 17 heavy (non-hydrogen) atoms. The second-order valence-electron chi connectivity index (χ2n) is 3.81. The molecule has 0 bridgehead atoms. The molecule has 0 atom stereocenters. The van der Waals surface area contributed by atoms with Crippen molar-refractivity contribution >= 4 is 17.3 Å². The highest BCUT2D eigenvalue weighted by molar-refractivity contribution is 5.61. The van der Waals surface area contributed by atoms with E-state index < -0.39 is 0 Å². The summed E-state index contributed by atoms with van der Waals surface area (Å²) in [5.74, 6) is 1.22. The van der Waals surface area contributed by atoms with E-state index in [1.54, 1.807) is 19.1 Å². The first-order valence-corrected chi connectivity index (χ1v) is 5.19. The quantitative estimate of drug-likeness (QED) is 0.835. The fourth-order valence-electron chi connectivity index (χ4n) is 1.52. The molecule has 0 unspecified atom stereocenters. The number of aromatic nitrogens is 2. The molecule has 4 nitrogen and oxygen atoms in total. The Morgan fingerprint density at radius 1 is 1.18 bits per heavy atom. The third-order valence-electron chi connectivity index (χ3n) is 2.32. The molecule has 2 rings (SSSR count). The van der Waals surface area contributed by atoms with Gasteiger partial charge in [0.15, 0.2) is 0 Å². The Bertz CT molecular complexity index is 534. The fourth-order valence-corrected chi connectivity index (χ4v) is 1.52. The van der Waals surface area contributed by atoms with Crippen molar-refractivity contribution < 1.29 is 4.39 Å². The first-order chi connectivity index (χ1) is 8.04. The van der Waals surface area contributed by atoms with Gasteiger partial charge in [-0.3, -0.25) is 0 Å². The van der Waals surface area contributed by atoms with E-state index in [1.807, 2.05) is 6.92 Å². The maximum atomic E-state index is 13.1. The average Bonchev–Trinajstić information content (AvgIpc) is 2.22. The second kappa shape index (κ2) is 4.37. The van der Waals surface area contributed by atoms with Crippen LogP contribution in [0.25, 0.3) is 0 Å². The van der Waals surface area contributed by atoms with Crippen molar-refractivity contribution in [3.63, 3.8) is 0 Å². The SMILES string of the molecule is Cc1nc(N)cc(Nc2cc(F)ccc2C)n1. The van der Waals surface area contributed by atoms with Crippen LogP contribution in [0.3, 0.4) is 0 Å². The van der Waals surface area contributed by atoms with E-state index in [0.717, 1.165) is 5.56 Å². The van der Waals surface area contributed by atoms with Crippen molar-refractivity contribution in [2.24, 2.45) is 0 Å². The largest absolute Gasteiger partial charge is 0.384 e. The number of nitrogens with one attached hydrogen (secondary N) is 1. The van der Waals surface area contributed by atoms with E-state index in [-0.39, 0.29) is 5.82 Å². The van der Waals surface area contributed by atoms with E-state index in [9.17, 15) is 4.39 Å². The molecule has 88 valence electrons. The molecule has 0 fully saturated rings. The maximum absolute atomic E-state index is 13.1. The average molecular weight is 232 g/mol. The summed E-state index contributed by atoms with van der Waals surface area (Å²) in [4.78, 5) is 8.14. The minimum Gasteiger partial charge on any atom is -0.384 e. The van der Waals surface area contributed by atoms with Crippen molar-refractivity contribution in [2.45, 2.75) is 13.8 Å². The zero-order chi connectivity index (χ0) is 12.4. The van der Waals surface area contributed by atoms with Crippen LogP contribution in [0.1, 0.15) is 11.4 Å². The van der Waals surface area contributed by atoms with Gasteiger partial charge in [0, 0.05) is 11.8 Å². The van der Waals surface area contributed by atoms with Crippen molar-refractivity contribution in [3.8, 4) is 0 Å². The Morgan fingerprint density at radius 3 is 2.65 bits per heavy atom. The number of aryl methyl sites for hydroxylation is 2. The van der Waals surface area contributed by atoms with Crippen LogP contribution in [-0.4, -0.2) is 9.97 Å². The van der Waals surface area contributed by atoms with E-state index in [4.69, 9.17) is 5.73 Å². The lowest BCUT2D eigenvalue weighted by atomic mass is 10.2. The minimum atomic E-state index is -0.295. The van der Waals surface area contributed by atoms with Gasteiger partial charge in [0.2, 0.25) is 0 Å². The maximum Gasteiger partial charge on any atom is 0.136 e. The summed E-state index contributed by atoms with van der Waals surface area (Å²) in [5, 5.41) is 3.02. The molecular weight excluding hydrogens is 219 g/mol. The van der Waals surface area contributed by atoms with Gasteiger partial charge in [0.25, 0.3) is 0 Å². The molecular formula is C12H13FN4. The molecule has 2 aromatic rings. The van der Waals surface area contributed by atoms with Crippen LogP contribution in [0.5, 0.6) is 0 Å². The van der Waals surface area contributed by atoms with Gasteiger partial charge < -0.3 is 11.1 Å². The van der Waals surface area contributed by atoms with Crippen LogP contribution in [0, 0.1) is 19.7 Å². The summed E-state index contributed by atoms with van der Waals surface area (Å²) in [6.45, 7) is 3.64. The van der Waals surface area contributed by atoms with Gasteiger partial charge in [-0.15, -0.1) is 0 Å². The number of halogens is 1. The predicted octanol–water partition coefficient (Wildman–Crippen LogP) is 2.56. The zero-order valence-corrected chi connectivity index (χ0v) is 9.66. The molecule has 0 aliphatic rings. The van der Waals surface area contributed by atoms with Crippen molar-refractivity contribution in [2.75, 3.05) is 11.1 Å². The number of nitrogens with zero attached hydrogens (tertiary/aromatic N) is 2. The van der Waals surface area contributed by atoms with Crippen LogP contribution >= 0.6 is 0 Å². The van der Waals surface area contributed by atoms with Gasteiger partial charge >= 0.3 is 0 Å². The lowest BCUT2D eigenvalue weighted by molar-refractivity contribution is 0.628. The van der Waals surface area contributed by atoms with E-state index in [1.165, 1.54) is 12.1 Å². The molecule has 0 saturated carbocycles. The molecule has 5 heteroatoms. The Hall–Kier alpha value is -2.17. The summed E-state index contributed by atoms with van der Waals surface area (Å²) in [6.07, 6.45) is 0. The van der Waals surface area contributed by atoms with Crippen LogP contribution in [-0.2, 0) is 0 Å². The van der Waals surface area contributed by atoms with Gasteiger partial charge in [-0.2, -0.15) is 0 Å². The molecule has 0 saturated heterocycles. The summed E-state index contributed by atoms with van der Waals surface area (Å²) in [7, 11) is 0. The van der Waals surface area contributed by atoms with Gasteiger partial charge in [-0.05, 0) is 31.5 Å². The molecule has 0 amide bonds. The third kappa shape index (κ3) is 2.69. The summed E-state index contributed by atoms with van der Waals surface area (Å²) in [6, 6.07) is 6.15. The van der Waals surface area contributed by atoms with E-state index in [2.05, 4.69) is 15.3 Å². The van der Waals surface area contributed by atoms with E-state index >= 15 is 0 Å². The minimum absolute atomic E-state index is 0.295. The molecule has 0 aliphatic carbocycles. The van der Waals surface area contributed by atoms with Crippen LogP contribution in [0.15, 0.2) is 24.3 Å². The molecule has 1 aromatic carbocycles. The van der Waals surface area contributed by atoms with Gasteiger partial charge in [0.05, 0.1) is 0 Å². The number of nitrogens with two attached hydrogens (primary N) is 1. The highest BCUT2D eigenvalue weighted by atomic mass is 19.1. The number of hydrogen-bond acceptors (Lipinski definition) is 4. The number of nitrogen functional groups attached to an aromatic ring is 1. The second-order valence-corrected chi connectivity index (χ2v) is 3.81. The summed E-state index contributed by atoms with van der Waals surface area (Å²) < 4.78 is 13.1. The Morgan fingerprint density at radius 2 is 1.94 bits per heavy atom. The molecule has 0 radical (unpaired) electrons. The lowest BCUT2D eigenvalue weighted by Crippen LogP contribution is -2.01. The van der Waals surface area contributed by atoms with Gasteiger partial charge in [0.1, 0.15) is 23.3 Å². The lowest BCUT2D eigenvalue weighted by Gasteiger charge is -2.09. The van der Waals surface area contributed by atoms with Crippen LogP contribution in [0.2, 0.25) is 0 Å². The van der Waals surface area contributed by atoms with Crippen LogP contribution < -0.4 is 11.1 Å². The Balaban J connectivity index is 2.34. The number of anilines is 3. The Kier molecular flexibility index (Phi) is 2.91. The van der Waals surface area contributed by atoms with Crippen molar-refractivity contribution in [1.29, 1.82) is 0 Å². The van der Waals surface area contributed by atoms with E-state index in [0.29, 0.717) is 23.1 Å². The first kappa shape index (κ1) is 11.3. The zero-order valence-electron chi connectivity index (χ0n) is 9.66. The Labute approximate surface area is 98.7 Å². The number of hydrogen-bond donors (Lipinski definition) is 2. The smallest absolute Gasteiger partial charge is 0.136 e. The molecule has 3 N–H and O–H groups in total. The van der Waals surface area contributed by atoms with Crippen molar-refractivity contribution in [3.05, 3.63) is 41.5 Å². The monoisotopic (exact) mass is 232 g/mol. The third-order valence-corrected chi connectivity index (χ3v) is 2.32. The van der Waals surface area contributed by atoms with Gasteiger partial charge in [-0.25, -0.2) is 14.4 Å². The molecule has 1 aromatic heterocycles. The predicted molar refractivity (Wildman–Crippen MR) is 65.6 cm³/mol. The highest BCUT2D eigenvalue weighted by Gasteiger charge is 2.03. The number of benzene rings is 1. The molecule has 0 spiro atoms. The topological polar surface area (TPSA) is 63.8 Å². The molecule has 1 heterocycles. The summed E-state index contributed by atoms with van der Waals surface area (Å²) >= 11 is 0. The normalized spacial score (nSPS) is 10.3. The molecule has 0 aliphatic heterocycles. The first-order valence-electron chi connectivity index (χ1n) is 5.19. The van der Waals surface area contributed by atoms with Gasteiger partial charge in [-0.1, -0.05) is 6.07 Å². The fraction of sp³-hybridized carbons (Fsp3) is 0.167. The standard InChI is InChI=1S/C12H13FN4/c1-7-3-4-9(13)5-10(7)17-12-6-11(14)15-8(2)16-12/h3-6H,1-2H3,(H3,14,15,16,17). The van der Waals surface area contributed by atoms with Crippen molar-refractivity contribution in [1.82, 2.24) is 9.97 Å².